The Labute approximate surface area is 124 Å². The highest BCUT2D eigenvalue weighted by atomic mass is 16.5. The number of aromatic nitrogens is 1. The van der Waals surface area contributed by atoms with Gasteiger partial charge in [0.25, 0.3) is 0 Å². The molecule has 0 amide bonds. The van der Waals surface area contributed by atoms with Crippen molar-refractivity contribution < 1.29 is 4.74 Å². The van der Waals surface area contributed by atoms with Gasteiger partial charge >= 0.3 is 0 Å². The van der Waals surface area contributed by atoms with Crippen LogP contribution in [0.15, 0.2) is 6.20 Å². The Kier molecular flexibility index (Phi) is 6.00. The topological polar surface area (TPSA) is 34.2 Å². The van der Waals surface area contributed by atoms with Gasteiger partial charge < -0.3 is 10.1 Å². The van der Waals surface area contributed by atoms with Crippen LogP contribution in [-0.4, -0.2) is 24.7 Å². The van der Waals surface area contributed by atoms with Crippen LogP contribution in [-0.2, 0) is 6.42 Å². The SMILES string of the molecule is CCCNC(Cc1ncc(C)c(OC)c1C)C(C)(C)C. The molecule has 20 heavy (non-hydrogen) atoms. The van der Waals surface area contributed by atoms with E-state index < -0.39 is 0 Å². The van der Waals surface area contributed by atoms with Gasteiger partial charge in [0.1, 0.15) is 5.75 Å². The third-order valence-corrected chi connectivity index (χ3v) is 3.83. The van der Waals surface area contributed by atoms with Crippen LogP contribution in [0.3, 0.4) is 0 Å². The molecular weight excluding hydrogens is 248 g/mol. The molecule has 3 nitrogen and oxygen atoms in total. The van der Waals surface area contributed by atoms with Crippen molar-refractivity contribution in [2.45, 2.75) is 60.4 Å². The first kappa shape index (κ1) is 17.0. The lowest BCUT2D eigenvalue weighted by Gasteiger charge is -2.32. The van der Waals surface area contributed by atoms with E-state index in [9.17, 15) is 0 Å². The second-order valence-corrected chi connectivity index (χ2v) is 6.62. The molecule has 0 saturated heterocycles. The summed E-state index contributed by atoms with van der Waals surface area (Å²) in [7, 11) is 1.73. The maximum atomic E-state index is 5.50. The molecule has 0 spiro atoms. The van der Waals surface area contributed by atoms with E-state index in [1.165, 1.54) is 5.56 Å². The maximum absolute atomic E-state index is 5.50. The summed E-state index contributed by atoms with van der Waals surface area (Å²) in [5, 5.41) is 3.66. The molecule has 0 aliphatic heterocycles. The van der Waals surface area contributed by atoms with Crippen LogP contribution in [0.1, 0.15) is 50.9 Å². The molecule has 114 valence electrons. The van der Waals surface area contributed by atoms with Crippen LogP contribution in [0.25, 0.3) is 0 Å². The summed E-state index contributed by atoms with van der Waals surface area (Å²) in [5.74, 6) is 0.971. The van der Waals surface area contributed by atoms with Crippen LogP contribution >= 0.6 is 0 Å². The molecule has 0 bridgehead atoms. The number of rotatable bonds is 6. The van der Waals surface area contributed by atoms with E-state index in [-0.39, 0.29) is 5.41 Å². The number of ether oxygens (including phenoxy) is 1. The Morgan fingerprint density at radius 3 is 2.45 bits per heavy atom. The molecule has 1 atom stereocenters. The molecule has 1 heterocycles. The number of pyridine rings is 1. The molecule has 1 aromatic rings. The molecular formula is C17H30N2O. The lowest BCUT2D eigenvalue weighted by atomic mass is 9.83. The third kappa shape index (κ3) is 4.20. The molecule has 0 saturated carbocycles. The second-order valence-electron chi connectivity index (χ2n) is 6.62. The van der Waals surface area contributed by atoms with Crippen molar-refractivity contribution in [3.8, 4) is 5.75 Å². The van der Waals surface area contributed by atoms with Crippen LogP contribution < -0.4 is 10.1 Å². The highest BCUT2D eigenvalue weighted by Gasteiger charge is 2.25. The first-order valence-electron chi connectivity index (χ1n) is 7.53. The third-order valence-electron chi connectivity index (χ3n) is 3.83. The van der Waals surface area contributed by atoms with E-state index in [1.54, 1.807) is 7.11 Å². The Hall–Kier alpha value is -1.09. The normalized spacial score (nSPS) is 13.3. The van der Waals surface area contributed by atoms with E-state index in [1.807, 2.05) is 13.1 Å². The molecule has 1 unspecified atom stereocenters. The van der Waals surface area contributed by atoms with E-state index in [2.05, 4.69) is 44.9 Å². The molecule has 1 N–H and O–H groups in total. The predicted molar refractivity (Wildman–Crippen MR) is 85.5 cm³/mol. The van der Waals surface area contributed by atoms with Crippen molar-refractivity contribution in [3.63, 3.8) is 0 Å². The first-order valence-corrected chi connectivity index (χ1v) is 7.53. The molecule has 0 aromatic carbocycles. The van der Waals surface area contributed by atoms with Gasteiger partial charge in [-0.25, -0.2) is 0 Å². The summed E-state index contributed by atoms with van der Waals surface area (Å²) >= 11 is 0. The molecule has 0 aliphatic rings. The summed E-state index contributed by atoms with van der Waals surface area (Å²) in [5.41, 5.74) is 3.61. The summed E-state index contributed by atoms with van der Waals surface area (Å²) in [6, 6.07) is 0.418. The molecule has 0 radical (unpaired) electrons. The monoisotopic (exact) mass is 278 g/mol. The number of methoxy groups -OCH3 is 1. The lowest BCUT2D eigenvalue weighted by molar-refractivity contribution is 0.264. The largest absolute Gasteiger partial charge is 0.496 e. The van der Waals surface area contributed by atoms with E-state index in [4.69, 9.17) is 4.74 Å². The van der Waals surface area contributed by atoms with Crippen LogP contribution in [0.5, 0.6) is 5.75 Å². The van der Waals surface area contributed by atoms with Crippen LogP contribution in [0.2, 0.25) is 0 Å². The molecule has 0 fully saturated rings. The average Bonchev–Trinajstić information content (AvgIpc) is 2.36. The van der Waals surface area contributed by atoms with Crippen LogP contribution in [0, 0.1) is 19.3 Å². The van der Waals surface area contributed by atoms with Gasteiger partial charge in [0.2, 0.25) is 0 Å². The molecule has 1 rings (SSSR count). The second kappa shape index (κ2) is 7.07. The average molecular weight is 278 g/mol. The predicted octanol–water partition coefficient (Wildman–Crippen LogP) is 3.66. The minimum Gasteiger partial charge on any atom is -0.496 e. The smallest absolute Gasteiger partial charge is 0.128 e. The van der Waals surface area contributed by atoms with Crippen molar-refractivity contribution in [2.75, 3.05) is 13.7 Å². The summed E-state index contributed by atoms with van der Waals surface area (Å²) in [6.45, 7) is 14.2. The van der Waals surface area contributed by atoms with Crippen molar-refractivity contribution in [3.05, 3.63) is 23.0 Å². The van der Waals surface area contributed by atoms with E-state index in [0.29, 0.717) is 6.04 Å². The fourth-order valence-electron chi connectivity index (χ4n) is 2.47. The van der Waals surface area contributed by atoms with Gasteiger partial charge in [-0.3, -0.25) is 4.98 Å². The Bertz CT molecular complexity index is 435. The van der Waals surface area contributed by atoms with E-state index in [0.717, 1.165) is 36.4 Å². The Morgan fingerprint density at radius 1 is 1.30 bits per heavy atom. The first-order chi connectivity index (χ1) is 9.31. The zero-order valence-electron chi connectivity index (χ0n) is 14.1. The minimum absolute atomic E-state index is 0.210. The molecule has 0 aliphatic carbocycles. The minimum atomic E-state index is 0.210. The number of nitrogens with one attached hydrogen (secondary N) is 1. The van der Waals surface area contributed by atoms with Gasteiger partial charge in [0, 0.05) is 35.5 Å². The van der Waals surface area contributed by atoms with Gasteiger partial charge in [-0.1, -0.05) is 27.7 Å². The van der Waals surface area contributed by atoms with Crippen molar-refractivity contribution in [2.24, 2.45) is 5.41 Å². The zero-order chi connectivity index (χ0) is 15.3. The number of hydrogen-bond acceptors (Lipinski definition) is 3. The fourth-order valence-corrected chi connectivity index (χ4v) is 2.47. The summed E-state index contributed by atoms with van der Waals surface area (Å²) < 4.78 is 5.50. The summed E-state index contributed by atoms with van der Waals surface area (Å²) in [6.07, 6.45) is 4.00. The molecule has 1 aromatic heterocycles. The van der Waals surface area contributed by atoms with Crippen molar-refractivity contribution in [1.29, 1.82) is 0 Å². The van der Waals surface area contributed by atoms with Crippen molar-refractivity contribution in [1.82, 2.24) is 10.3 Å². The maximum Gasteiger partial charge on any atom is 0.128 e. The fraction of sp³-hybridized carbons (Fsp3) is 0.706. The Balaban J connectivity index is 2.99. The quantitative estimate of drug-likeness (QED) is 0.862. The van der Waals surface area contributed by atoms with Crippen molar-refractivity contribution >= 4 is 0 Å². The zero-order valence-corrected chi connectivity index (χ0v) is 14.1. The van der Waals surface area contributed by atoms with Crippen LogP contribution in [0.4, 0.5) is 0 Å². The van der Waals surface area contributed by atoms with Gasteiger partial charge in [-0.2, -0.15) is 0 Å². The van der Waals surface area contributed by atoms with Gasteiger partial charge in [-0.05, 0) is 32.2 Å². The number of hydrogen-bond donors (Lipinski definition) is 1. The number of aryl methyl sites for hydroxylation is 1. The molecule has 3 heteroatoms. The summed E-state index contributed by atoms with van der Waals surface area (Å²) in [4.78, 5) is 4.63. The van der Waals surface area contributed by atoms with Gasteiger partial charge in [0.15, 0.2) is 0 Å². The number of nitrogens with zero attached hydrogens (tertiary/aromatic N) is 1. The van der Waals surface area contributed by atoms with Gasteiger partial charge in [-0.15, -0.1) is 0 Å². The highest BCUT2D eigenvalue weighted by Crippen LogP contribution is 2.28. The lowest BCUT2D eigenvalue weighted by Crippen LogP contribution is -2.42. The Morgan fingerprint density at radius 2 is 1.95 bits per heavy atom. The van der Waals surface area contributed by atoms with Gasteiger partial charge in [0.05, 0.1) is 7.11 Å². The standard InChI is InChI=1S/C17H30N2O/c1-8-9-18-15(17(4,5)6)10-14-13(3)16(20-7)12(2)11-19-14/h11,15,18H,8-10H2,1-7H3. The van der Waals surface area contributed by atoms with E-state index >= 15 is 0 Å². The highest BCUT2D eigenvalue weighted by molar-refractivity contribution is 5.41.